The van der Waals surface area contributed by atoms with E-state index in [0.717, 1.165) is 6.42 Å². The monoisotopic (exact) mass is 225 g/mol. The summed E-state index contributed by atoms with van der Waals surface area (Å²) in [7, 11) is 0. The summed E-state index contributed by atoms with van der Waals surface area (Å²) in [5.41, 5.74) is -0.771. The minimum absolute atomic E-state index is 0.343. The van der Waals surface area contributed by atoms with Crippen molar-refractivity contribution in [3.8, 4) is 0 Å². The van der Waals surface area contributed by atoms with Gasteiger partial charge in [-0.05, 0) is 19.3 Å². The molecule has 0 saturated heterocycles. The van der Waals surface area contributed by atoms with E-state index in [9.17, 15) is 4.79 Å². The first kappa shape index (κ1) is 11.1. The molecule has 0 aliphatic heterocycles. The number of carboxylic acid groups (broad SMARTS) is 1. The van der Waals surface area contributed by atoms with Crippen LogP contribution >= 0.6 is 0 Å². The number of aromatic nitrogens is 2. The van der Waals surface area contributed by atoms with Gasteiger partial charge in [-0.25, -0.2) is 0 Å². The molecule has 0 amide bonds. The molecule has 1 saturated carbocycles. The zero-order valence-electron chi connectivity index (χ0n) is 9.19. The summed E-state index contributed by atoms with van der Waals surface area (Å²) in [6.07, 6.45) is 2.98. The molecule has 1 fully saturated rings. The molecule has 88 valence electrons. The van der Waals surface area contributed by atoms with Crippen molar-refractivity contribution in [2.75, 3.05) is 0 Å². The van der Waals surface area contributed by atoms with Crippen LogP contribution in [0, 0.1) is 0 Å². The number of hydrogen-bond donors (Lipinski definition) is 2. The minimum atomic E-state index is -0.794. The molecule has 6 heteroatoms. The van der Waals surface area contributed by atoms with Gasteiger partial charge in [0, 0.05) is 6.42 Å². The van der Waals surface area contributed by atoms with Crippen LogP contribution in [-0.4, -0.2) is 26.8 Å². The van der Waals surface area contributed by atoms with Gasteiger partial charge >= 0.3 is 5.97 Å². The molecule has 1 heterocycles. The second kappa shape index (κ2) is 4.21. The summed E-state index contributed by atoms with van der Waals surface area (Å²) in [5, 5.41) is 15.9. The fourth-order valence-electron chi connectivity index (χ4n) is 1.75. The maximum atomic E-state index is 11.1. The Hall–Kier alpha value is -1.43. The van der Waals surface area contributed by atoms with Crippen LogP contribution in [0.15, 0.2) is 4.52 Å². The van der Waals surface area contributed by atoms with Gasteiger partial charge in [-0.3, -0.25) is 10.1 Å². The largest absolute Gasteiger partial charge is 0.480 e. The van der Waals surface area contributed by atoms with E-state index in [4.69, 9.17) is 9.63 Å². The number of carbonyl (C=O) groups is 1. The molecule has 0 radical (unpaired) electrons. The second-order valence-corrected chi connectivity index (χ2v) is 4.05. The number of carboxylic acids is 1. The van der Waals surface area contributed by atoms with Crippen LogP contribution in [-0.2, 0) is 17.8 Å². The first-order valence-electron chi connectivity index (χ1n) is 5.46. The van der Waals surface area contributed by atoms with Crippen LogP contribution in [0.5, 0.6) is 0 Å². The lowest BCUT2D eigenvalue weighted by atomic mass is 9.77. The van der Waals surface area contributed by atoms with Crippen molar-refractivity contribution < 1.29 is 14.4 Å². The van der Waals surface area contributed by atoms with Crippen molar-refractivity contribution in [3.05, 3.63) is 11.7 Å². The van der Waals surface area contributed by atoms with Crippen LogP contribution in [0.25, 0.3) is 0 Å². The summed E-state index contributed by atoms with van der Waals surface area (Å²) < 4.78 is 4.94. The lowest BCUT2D eigenvalue weighted by Crippen LogP contribution is -2.56. The van der Waals surface area contributed by atoms with Gasteiger partial charge in [0.05, 0.1) is 6.54 Å². The number of aryl methyl sites for hydroxylation is 1. The Morgan fingerprint density at radius 1 is 1.62 bits per heavy atom. The number of aliphatic carboxylic acids is 1. The Kier molecular flexibility index (Phi) is 2.91. The third-order valence-electron chi connectivity index (χ3n) is 3.01. The molecule has 1 aliphatic rings. The van der Waals surface area contributed by atoms with Crippen molar-refractivity contribution in [2.24, 2.45) is 0 Å². The van der Waals surface area contributed by atoms with E-state index >= 15 is 0 Å². The van der Waals surface area contributed by atoms with Gasteiger partial charge in [-0.15, -0.1) is 0 Å². The van der Waals surface area contributed by atoms with E-state index in [0.29, 0.717) is 37.5 Å². The highest BCUT2D eigenvalue weighted by atomic mass is 16.5. The highest BCUT2D eigenvalue weighted by molar-refractivity contribution is 5.79. The van der Waals surface area contributed by atoms with Gasteiger partial charge < -0.3 is 9.63 Å². The summed E-state index contributed by atoms with van der Waals surface area (Å²) in [6.45, 7) is 2.27. The summed E-state index contributed by atoms with van der Waals surface area (Å²) in [4.78, 5) is 15.2. The van der Waals surface area contributed by atoms with E-state index in [2.05, 4.69) is 15.5 Å². The van der Waals surface area contributed by atoms with Crippen molar-refractivity contribution in [1.82, 2.24) is 15.5 Å². The first-order chi connectivity index (χ1) is 7.66. The van der Waals surface area contributed by atoms with Gasteiger partial charge in [-0.1, -0.05) is 12.1 Å². The Labute approximate surface area is 93.0 Å². The molecular weight excluding hydrogens is 210 g/mol. The van der Waals surface area contributed by atoms with Gasteiger partial charge in [0.1, 0.15) is 5.54 Å². The maximum absolute atomic E-state index is 11.1. The molecule has 0 aromatic carbocycles. The molecular formula is C10H15N3O3. The van der Waals surface area contributed by atoms with E-state index in [1.54, 1.807) is 0 Å². The van der Waals surface area contributed by atoms with Crippen molar-refractivity contribution in [3.63, 3.8) is 0 Å². The van der Waals surface area contributed by atoms with Crippen molar-refractivity contribution >= 4 is 5.97 Å². The Balaban J connectivity index is 1.93. The van der Waals surface area contributed by atoms with E-state index in [1.165, 1.54) is 0 Å². The molecule has 0 unspecified atom stereocenters. The second-order valence-electron chi connectivity index (χ2n) is 4.05. The normalized spacial score (nSPS) is 18.1. The van der Waals surface area contributed by atoms with Crippen LogP contribution in [0.4, 0.5) is 0 Å². The quantitative estimate of drug-likeness (QED) is 0.768. The number of nitrogens with zero attached hydrogens (tertiary/aromatic N) is 2. The third-order valence-corrected chi connectivity index (χ3v) is 3.01. The average molecular weight is 225 g/mol. The van der Waals surface area contributed by atoms with Gasteiger partial charge in [0.15, 0.2) is 5.82 Å². The van der Waals surface area contributed by atoms with Gasteiger partial charge in [0.25, 0.3) is 0 Å². The highest BCUT2D eigenvalue weighted by Gasteiger charge is 2.44. The van der Waals surface area contributed by atoms with Gasteiger partial charge in [-0.2, -0.15) is 4.98 Å². The van der Waals surface area contributed by atoms with Gasteiger partial charge in [0.2, 0.25) is 5.89 Å². The molecule has 1 aromatic rings. The zero-order valence-corrected chi connectivity index (χ0v) is 9.19. The van der Waals surface area contributed by atoms with E-state index < -0.39 is 11.5 Å². The minimum Gasteiger partial charge on any atom is -0.480 e. The molecule has 16 heavy (non-hydrogen) atoms. The van der Waals surface area contributed by atoms with E-state index in [-0.39, 0.29) is 0 Å². The number of nitrogens with one attached hydrogen (secondary N) is 1. The lowest BCUT2D eigenvalue weighted by Gasteiger charge is -2.38. The number of hydrogen-bond acceptors (Lipinski definition) is 5. The lowest BCUT2D eigenvalue weighted by molar-refractivity contribution is -0.148. The zero-order chi connectivity index (χ0) is 11.6. The molecule has 0 atom stereocenters. The molecule has 2 rings (SSSR count). The van der Waals surface area contributed by atoms with Crippen LogP contribution in [0.1, 0.15) is 37.9 Å². The molecule has 2 N–H and O–H groups in total. The van der Waals surface area contributed by atoms with E-state index in [1.807, 2.05) is 6.92 Å². The number of rotatable bonds is 5. The maximum Gasteiger partial charge on any atom is 0.323 e. The Bertz CT molecular complexity index is 384. The summed E-state index contributed by atoms with van der Waals surface area (Å²) in [6, 6.07) is 0. The fraction of sp³-hybridized carbons (Fsp3) is 0.700. The molecule has 0 bridgehead atoms. The SMILES string of the molecule is CCc1nc(CNC2(C(=O)O)CCC2)no1. The highest BCUT2D eigenvalue weighted by Crippen LogP contribution is 2.32. The first-order valence-corrected chi connectivity index (χ1v) is 5.46. The third kappa shape index (κ3) is 1.92. The van der Waals surface area contributed by atoms with Crippen molar-refractivity contribution in [1.29, 1.82) is 0 Å². The molecule has 1 aliphatic carbocycles. The van der Waals surface area contributed by atoms with Crippen molar-refractivity contribution in [2.45, 2.75) is 44.7 Å². The molecule has 1 aromatic heterocycles. The van der Waals surface area contributed by atoms with Crippen LogP contribution in [0.2, 0.25) is 0 Å². The topological polar surface area (TPSA) is 88.2 Å². The summed E-state index contributed by atoms with van der Waals surface area (Å²) >= 11 is 0. The Morgan fingerprint density at radius 2 is 2.38 bits per heavy atom. The molecule has 6 nitrogen and oxygen atoms in total. The predicted molar refractivity (Wildman–Crippen MR) is 54.7 cm³/mol. The summed E-state index contributed by atoms with van der Waals surface area (Å²) in [5.74, 6) is 0.303. The average Bonchev–Trinajstić information content (AvgIpc) is 2.63. The Morgan fingerprint density at radius 3 is 2.81 bits per heavy atom. The molecule has 0 spiro atoms. The van der Waals surface area contributed by atoms with Crippen LogP contribution < -0.4 is 5.32 Å². The fourth-order valence-corrected chi connectivity index (χ4v) is 1.75. The predicted octanol–water partition coefficient (Wildman–Crippen LogP) is 0.729. The smallest absolute Gasteiger partial charge is 0.323 e. The van der Waals surface area contributed by atoms with Crippen LogP contribution in [0.3, 0.4) is 0 Å². The standard InChI is InChI=1S/C10H15N3O3/c1-2-8-12-7(13-16-8)6-11-10(9(14)15)4-3-5-10/h11H,2-6H2,1H3,(H,14,15).